The largest absolute Gasteiger partial charge is 0.497 e. The van der Waals surface area contributed by atoms with Gasteiger partial charge in [0.05, 0.1) is 31.3 Å². The van der Waals surface area contributed by atoms with Crippen molar-refractivity contribution >= 4 is 33.0 Å². The number of hydrogen-bond acceptors (Lipinski definition) is 4. The van der Waals surface area contributed by atoms with Gasteiger partial charge in [0.2, 0.25) is 0 Å². The summed E-state index contributed by atoms with van der Waals surface area (Å²) in [6, 6.07) is 11.2. The molecule has 0 aromatic heterocycles. The molecule has 0 unspecified atom stereocenters. The van der Waals surface area contributed by atoms with Gasteiger partial charge in [-0.3, -0.25) is 0 Å². The molecule has 0 heterocycles. The van der Waals surface area contributed by atoms with Crippen LogP contribution in [0.2, 0.25) is 0 Å². The van der Waals surface area contributed by atoms with Crippen LogP contribution in [0.25, 0.3) is 0 Å². The fraction of sp³-hybridized carbons (Fsp3) is 0.143. The molecule has 0 fully saturated rings. The Kier molecular flexibility index (Phi) is 4.16. The van der Waals surface area contributed by atoms with Crippen LogP contribution in [0.3, 0.4) is 0 Å². The van der Waals surface area contributed by atoms with E-state index in [1.165, 1.54) is 0 Å². The second kappa shape index (κ2) is 5.84. The fourth-order valence-corrected chi connectivity index (χ4v) is 2.04. The van der Waals surface area contributed by atoms with E-state index in [2.05, 4.69) is 21.2 Å². The first kappa shape index (κ1) is 13.5. The van der Waals surface area contributed by atoms with Crippen molar-refractivity contribution in [1.82, 2.24) is 0 Å². The predicted octanol–water partition coefficient (Wildman–Crippen LogP) is 3.79. The molecule has 0 aliphatic rings. The third-order valence-electron chi connectivity index (χ3n) is 2.69. The summed E-state index contributed by atoms with van der Waals surface area (Å²) in [5.74, 6) is 1.43. The van der Waals surface area contributed by atoms with E-state index >= 15 is 0 Å². The molecule has 0 radical (unpaired) electrons. The average molecular weight is 323 g/mol. The lowest BCUT2D eigenvalue weighted by atomic mass is 10.2. The van der Waals surface area contributed by atoms with Crippen molar-refractivity contribution in [2.75, 3.05) is 25.3 Å². The highest BCUT2D eigenvalue weighted by Gasteiger charge is 2.07. The van der Waals surface area contributed by atoms with Crippen LogP contribution in [0.4, 0.5) is 17.1 Å². The Bertz CT molecular complexity index is 588. The Morgan fingerprint density at radius 3 is 2.47 bits per heavy atom. The molecule has 0 amide bonds. The summed E-state index contributed by atoms with van der Waals surface area (Å²) in [5, 5.41) is 3.25. The molecule has 5 heteroatoms. The van der Waals surface area contributed by atoms with Gasteiger partial charge in [-0.05, 0) is 30.3 Å². The number of rotatable bonds is 4. The number of nitrogens with one attached hydrogen (secondary N) is 1. The summed E-state index contributed by atoms with van der Waals surface area (Å²) in [6.45, 7) is 0. The standard InChI is InChI=1S/C14H15BrN2O2/c1-18-10-4-6-12(14(8-10)19-2)17-13-7-9(15)3-5-11(13)16/h3-8,17H,16H2,1-2H3. The molecular formula is C14H15BrN2O2. The highest BCUT2D eigenvalue weighted by atomic mass is 79.9. The van der Waals surface area contributed by atoms with E-state index in [4.69, 9.17) is 15.2 Å². The number of hydrogen-bond donors (Lipinski definition) is 2. The number of anilines is 3. The van der Waals surface area contributed by atoms with E-state index in [1.54, 1.807) is 14.2 Å². The normalized spacial score (nSPS) is 10.1. The molecule has 0 atom stereocenters. The zero-order valence-corrected chi connectivity index (χ0v) is 12.3. The molecule has 3 N–H and O–H groups in total. The maximum atomic E-state index is 5.94. The highest BCUT2D eigenvalue weighted by molar-refractivity contribution is 9.10. The Labute approximate surface area is 120 Å². The van der Waals surface area contributed by atoms with Crippen molar-refractivity contribution in [2.24, 2.45) is 0 Å². The zero-order valence-electron chi connectivity index (χ0n) is 10.7. The minimum absolute atomic E-state index is 0.668. The Hall–Kier alpha value is -1.88. The fourth-order valence-electron chi connectivity index (χ4n) is 1.68. The second-order valence-electron chi connectivity index (χ2n) is 3.92. The van der Waals surface area contributed by atoms with Gasteiger partial charge in [0.25, 0.3) is 0 Å². The van der Waals surface area contributed by atoms with Gasteiger partial charge in [-0.2, -0.15) is 0 Å². The molecule has 0 aliphatic carbocycles. The first-order valence-corrected chi connectivity index (χ1v) is 6.47. The van der Waals surface area contributed by atoms with Gasteiger partial charge in [0, 0.05) is 10.5 Å². The van der Waals surface area contributed by atoms with E-state index in [0.29, 0.717) is 11.4 Å². The summed E-state index contributed by atoms with van der Waals surface area (Å²) in [7, 11) is 3.23. The van der Waals surface area contributed by atoms with Gasteiger partial charge in [-0.25, -0.2) is 0 Å². The number of methoxy groups -OCH3 is 2. The zero-order chi connectivity index (χ0) is 13.8. The molecule has 0 bridgehead atoms. The van der Waals surface area contributed by atoms with Crippen molar-refractivity contribution in [2.45, 2.75) is 0 Å². The Morgan fingerprint density at radius 1 is 1.00 bits per heavy atom. The molecule has 0 saturated carbocycles. The van der Waals surface area contributed by atoms with E-state index in [1.807, 2.05) is 36.4 Å². The lowest BCUT2D eigenvalue weighted by Gasteiger charge is -2.14. The lowest BCUT2D eigenvalue weighted by molar-refractivity contribution is 0.395. The number of nitrogens with two attached hydrogens (primary N) is 1. The van der Waals surface area contributed by atoms with Crippen LogP contribution in [0.5, 0.6) is 11.5 Å². The first-order valence-electron chi connectivity index (χ1n) is 5.68. The first-order chi connectivity index (χ1) is 9.13. The third-order valence-corrected chi connectivity index (χ3v) is 3.19. The molecule has 100 valence electrons. The summed E-state index contributed by atoms with van der Waals surface area (Å²) < 4.78 is 11.5. The number of ether oxygens (including phenoxy) is 2. The van der Waals surface area contributed by atoms with Gasteiger partial charge >= 0.3 is 0 Å². The molecule has 2 aromatic carbocycles. The van der Waals surface area contributed by atoms with Crippen LogP contribution >= 0.6 is 15.9 Å². The van der Waals surface area contributed by atoms with Gasteiger partial charge in [0.15, 0.2) is 0 Å². The van der Waals surface area contributed by atoms with Crippen molar-refractivity contribution in [3.63, 3.8) is 0 Å². The number of nitrogen functional groups attached to an aromatic ring is 1. The van der Waals surface area contributed by atoms with E-state index in [0.717, 1.165) is 21.6 Å². The highest BCUT2D eigenvalue weighted by Crippen LogP contribution is 2.34. The van der Waals surface area contributed by atoms with Crippen LogP contribution in [-0.2, 0) is 0 Å². The monoisotopic (exact) mass is 322 g/mol. The van der Waals surface area contributed by atoms with Crippen molar-refractivity contribution in [3.05, 3.63) is 40.9 Å². The average Bonchev–Trinajstić information content (AvgIpc) is 2.43. The van der Waals surface area contributed by atoms with Crippen molar-refractivity contribution < 1.29 is 9.47 Å². The maximum absolute atomic E-state index is 5.94. The predicted molar refractivity (Wildman–Crippen MR) is 81.4 cm³/mol. The Balaban J connectivity index is 2.35. The van der Waals surface area contributed by atoms with E-state index < -0.39 is 0 Å². The molecular weight excluding hydrogens is 308 g/mol. The SMILES string of the molecule is COc1ccc(Nc2cc(Br)ccc2N)c(OC)c1. The minimum Gasteiger partial charge on any atom is -0.497 e. The summed E-state index contributed by atoms with van der Waals surface area (Å²) in [5.41, 5.74) is 8.25. The van der Waals surface area contributed by atoms with Gasteiger partial charge < -0.3 is 20.5 Å². The molecule has 0 spiro atoms. The van der Waals surface area contributed by atoms with Gasteiger partial charge in [-0.15, -0.1) is 0 Å². The Morgan fingerprint density at radius 2 is 1.79 bits per heavy atom. The molecule has 19 heavy (non-hydrogen) atoms. The number of benzene rings is 2. The molecule has 2 aromatic rings. The molecule has 2 rings (SSSR count). The number of halogens is 1. The van der Waals surface area contributed by atoms with E-state index in [-0.39, 0.29) is 0 Å². The molecule has 0 saturated heterocycles. The van der Waals surface area contributed by atoms with Gasteiger partial charge in [-0.1, -0.05) is 15.9 Å². The summed E-state index contributed by atoms with van der Waals surface area (Å²) in [4.78, 5) is 0. The van der Waals surface area contributed by atoms with Crippen LogP contribution in [0, 0.1) is 0 Å². The van der Waals surface area contributed by atoms with Crippen LogP contribution in [0.1, 0.15) is 0 Å². The summed E-state index contributed by atoms with van der Waals surface area (Å²) in [6.07, 6.45) is 0. The molecule has 0 aliphatic heterocycles. The summed E-state index contributed by atoms with van der Waals surface area (Å²) >= 11 is 3.42. The quantitative estimate of drug-likeness (QED) is 0.841. The lowest BCUT2D eigenvalue weighted by Crippen LogP contribution is -1.98. The topological polar surface area (TPSA) is 56.5 Å². The van der Waals surface area contributed by atoms with E-state index in [9.17, 15) is 0 Å². The second-order valence-corrected chi connectivity index (χ2v) is 4.84. The van der Waals surface area contributed by atoms with Crippen molar-refractivity contribution in [1.29, 1.82) is 0 Å². The molecule has 4 nitrogen and oxygen atoms in total. The van der Waals surface area contributed by atoms with Crippen LogP contribution in [-0.4, -0.2) is 14.2 Å². The smallest absolute Gasteiger partial charge is 0.145 e. The van der Waals surface area contributed by atoms with Crippen LogP contribution in [0.15, 0.2) is 40.9 Å². The van der Waals surface area contributed by atoms with Crippen molar-refractivity contribution in [3.8, 4) is 11.5 Å². The third kappa shape index (κ3) is 3.12. The van der Waals surface area contributed by atoms with Gasteiger partial charge in [0.1, 0.15) is 11.5 Å². The minimum atomic E-state index is 0.668. The maximum Gasteiger partial charge on any atom is 0.145 e. The van der Waals surface area contributed by atoms with Crippen LogP contribution < -0.4 is 20.5 Å².